The van der Waals surface area contributed by atoms with Crippen molar-refractivity contribution in [3.8, 4) is 0 Å². The van der Waals surface area contributed by atoms with Crippen LogP contribution in [0.25, 0.3) is 10.2 Å². The lowest BCUT2D eigenvalue weighted by Crippen LogP contribution is -2.20. The minimum absolute atomic E-state index is 0.327. The van der Waals surface area contributed by atoms with E-state index in [0.717, 1.165) is 18.6 Å². The second kappa shape index (κ2) is 3.54. The number of para-hydroxylation sites is 1. The first kappa shape index (κ1) is 10.2. The first-order valence-corrected chi connectivity index (χ1v) is 6.55. The van der Waals surface area contributed by atoms with Crippen molar-refractivity contribution >= 4 is 21.6 Å². The second-order valence-electron chi connectivity index (χ2n) is 5.19. The van der Waals surface area contributed by atoms with Crippen LogP contribution >= 0.6 is 11.3 Å². The quantitative estimate of drug-likeness (QED) is 0.817. The lowest BCUT2D eigenvalue weighted by atomic mass is 9.82. The van der Waals surface area contributed by atoms with Gasteiger partial charge in [0.05, 0.1) is 15.2 Å². The van der Waals surface area contributed by atoms with Gasteiger partial charge in [-0.2, -0.15) is 0 Å². The first-order chi connectivity index (χ1) is 7.67. The van der Waals surface area contributed by atoms with Crippen molar-refractivity contribution < 1.29 is 0 Å². The highest BCUT2D eigenvalue weighted by molar-refractivity contribution is 7.18. The highest BCUT2D eigenvalue weighted by Crippen LogP contribution is 2.41. The van der Waals surface area contributed by atoms with E-state index in [-0.39, 0.29) is 0 Å². The van der Waals surface area contributed by atoms with Crippen LogP contribution in [0.15, 0.2) is 24.3 Å². The third kappa shape index (κ3) is 1.55. The molecule has 1 aromatic heterocycles. The third-order valence-corrected chi connectivity index (χ3v) is 4.63. The number of benzene rings is 1. The molecular weight excluding hydrogens is 216 g/mol. The molecule has 0 saturated carbocycles. The maximum absolute atomic E-state index is 4.77. The molecule has 2 heterocycles. The van der Waals surface area contributed by atoms with Gasteiger partial charge in [0.1, 0.15) is 0 Å². The van der Waals surface area contributed by atoms with E-state index in [1.807, 2.05) is 11.3 Å². The zero-order valence-electron chi connectivity index (χ0n) is 9.66. The van der Waals surface area contributed by atoms with Crippen molar-refractivity contribution in [3.05, 3.63) is 29.3 Å². The molecule has 0 radical (unpaired) electrons. The van der Waals surface area contributed by atoms with Gasteiger partial charge in [-0.15, -0.1) is 11.3 Å². The molecule has 16 heavy (non-hydrogen) atoms. The van der Waals surface area contributed by atoms with Crippen LogP contribution in [0.5, 0.6) is 0 Å². The molecule has 1 aliphatic rings. The van der Waals surface area contributed by atoms with Gasteiger partial charge in [0.25, 0.3) is 0 Å². The van der Waals surface area contributed by atoms with E-state index in [2.05, 4.69) is 43.4 Å². The fourth-order valence-electron chi connectivity index (χ4n) is 2.40. The normalized spacial score (nSPS) is 24.0. The van der Waals surface area contributed by atoms with E-state index < -0.39 is 0 Å². The lowest BCUT2D eigenvalue weighted by molar-refractivity contribution is 0.362. The maximum Gasteiger partial charge on any atom is 0.0988 e. The first-order valence-electron chi connectivity index (χ1n) is 5.73. The number of rotatable bonds is 1. The van der Waals surface area contributed by atoms with Crippen molar-refractivity contribution in [1.29, 1.82) is 0 Å². The Bertz CT molecular complexity index is 482. The SMILES string of the molecule is CC1(C)CNC[C@H]1c1nc2ccccc2s1. The fraction of sp³-hybridized carbons (Fsp3) is 0.462. The molecular formula is C13H16N2S. The van der Waals surface area contributed by atoms with Gasteiger partial charge in [0.15, 0.2) is 0 Å². The summed E-state index contributed by atoms with van der Waals surface area (Å²) in [4.78, 5) is 4.77. The summed E-state index contributed by atoms with van der Waals surface area (Å²) in [5.74, 6) is 0.560. The van der Waals surface area contributed by atoms with Crippen molar-refractivity contribution in [1.82, 2.24) is 10.3 Å². The number of fused-ring (bicyclic) bond motifs is 1. The highest BCUT2D eigenvalue weighted by atomic mass is 32.1. The van der Waals surface area contributed by atoms with Crippen LogP contribution in [-0.4, -0.2) is 18.1 Å². The van der Waals surface area contributed by atoms with E-state index in [4.69, 9.17) is 4.98 Å². The molecule has 2 aromatic rings. The molecule has 1 N–H and O–H groups in total. The maximum atomic E-state index is 4.77. The fourth-order valence-corrected chi connectivity index (χ4v) is 3.68. The summed E-state index contributed by atoms with van der Waals surface area (Å²) in [5.41, 5.74) is 1.47. The van der Waals surface area contributed by atoms with Crippen LogP contribution in [0.1, 0.15) is 24.8 Å². The highest BCUT2D eigenvalue weighted by Gasteiger charge is 2.37. The van der Waals surface area contributed by atoms with E-state index >= 15 is 0 Å². The van der Waals surface area contributed by atoms with Gasteiger partial charge in [0.2, 0.25) is 0 Å². The molecule has 0 unspecified atom stereocenters. The number of nitrogens with zero attached hydrogens (tertiary/aromatic N) is 1. The smallest absolute Gasteiger partial charge is 0.0988 e. The molecule has 1 fully saturated rings. The average molecular weight is 232 g/mol. The van der Waals surface area contributed by atoms with E-state index in [9.17, 15) is 0 Å². The van der Waals surface area contributed by atoms with Gasteiger partial charge in [-0.1, -0.05) is 26.0 Å². The molecule has 1 saturated heterocycles. The van der Waals surface area contributed by atoms with Crippen molar-refractivity contribution in [2.75, 3.05) is 13.1 Å². The van der Waals surface area contributed by atoms with Gasteiger partial charge in [-0.05, 0) is 17.5 Å². The Balaban J connectivity index is 2.06. The molecule has 0 amide bonds. The summed E-state index contributed by atoms with van der Waals surface area (Å²) < 4.78 is 1.31. The van der Waals surface area contributed by atoms with Crippen molar-refractivity contribution in [2.24, 2.45) is 5.41 Å². The van der Waals surface area contributed by atoms with Crippen LogP contribution in [0.2, 0.25) is 0 Å². The van der Waals surface area contributed by atoms with Crippen LogP contribution < -0.4 is 5.32 Å². The number of hydrogen-bond donors (Lipinski definition) is 1. The Labute approximate surface area is 99.7 Å². The summed E-state index contributed by atoms with van der Waals surface area (Å²) in [5, 5.41) is 4.76. The summed E-state index contributed by atoms with van der Waals surface area (Å²) in [7, 11) is 0. The molecule has 1 aliphatic heterocycles. The zero-order chi connectivity index (χ0) is 11.2. The third-order valence-electron chi connectivity index (χ3n) is 3.48. The predicted octanol–water partition coefficient (Wildman–Crippen LogP) is 3.01. The van der Waals surface area contributed by atoms with E-state index in [0.29, 0.717) is 11.3 Å². The lowest BCUT2D eigenvalue weighted by Gasteiger charge is -2.23. The molecule has 2 nitrogen and oxygen atoms in total. The minimum atomic E-state index is 0.327. The summed E-state index contributed by atoms with van der Waals surface area (Å²) in [6.07, 6.45) is 0. The topological polar surface area (TPSA) is 24.9 Å². The summed E-state index contributed by atoms with van der Waals surface area (Å²) in [6, 6.07) is 8.41. The Morgan fingerprint density at radius 3 is 2.88 bits per heavy atom. The number of nitrogens with one attached hydrogen (secondary N) is 1. The monoisotopic (exact) mass is 232 g/mol. The average Bonchev–Trinajstić information content (AvgIpc) is 2.79. The summed E-state index contributed by atoms with van der Waals surface area (Å²) >= 11 is 1.85. The minimum Gasteiger partial charge on any atom is -0.315 e. The standard InChI is InChI=1S/C13H16N2S/c1-13(2)8-14-7-9(13)12-15-10-5-3-4-6-11(10)16-12/h3-6,9,14H,7-8H2,1-2H3/t9-/m0/s1. The van der Waals surface area contributed by atoms with Crippen LogP contribution in [0, 0.1) is 5.41 Å². The van der Waals surface area contributed by atoms with Gasteiger partial charge >= 0.3 is 0 Å². The molecule has 3 rings (SSSR count). The van der Waals surface area contributed by atoms with Crippen molar-refractivity contribution in [3.63, 3.8) is 0 Å². The Kier molecular flexibility index (Phi) is 2.26. The predicted molar refractivity (Wildman–Crippen MR) is 69.0 cm³/mol. The van der Waals surface area contributed by atoms with Crippen LogP contribution in [0.3, 0.4) is 0 Å². The van der Waals surface area contributed by atoms with Gasteiger partial charge < -0.3 is 5.32 Å². The Hall–Kier alpha value is -0.930. The molecule has 3 heteroatoms. The van der Waals surface area contributed by atoms with Crippen molar-refractivity contribution in [2.45, 2.75) is 19.8 Å². The molecule has 1 atom stereocenters. The zero-order valence-corrected chi connectivity index (χ0v) is 10.5. The van der Waals surface area contributed by atoms with E-state index in [1.165, 1.54) is 9.71 Å². The largest absolute Gasteiger partial charge is 0.315 e. The van der Waals surface area contributed by atoms with Crippen LogP contribution in [-0.2, 0) is 0 Å². The molecule has 0 bridgehead atoms. The Morgan fingerprint density at radius 2 is 2.19 bits per heavy atom. The number of thiazole rings is 1. The summed E-state index contributed by atoms with van der Waals surface area (Å²) in [6.45, 7) is 6.80. The van der Waals surface area contributed by atoms with Crippen LogP contribution in [0.4, 0.5) is 0 Å². The van der Waals surface area contributed by atoms with Gasteiger partial charge in [0, 0.05) is 19.0 Å². The number of hydrogen-bond acceptors (Lipinski definition) is 3. The molecule has 1 aromatic carbocycles. The second-order valence-corrected chi connectivity index (χ2v) is 6.25. The molecule has 0 aliphatic carbocycles. The van der Waals surface area contributed by atoms with E-state index in [1.54, 1.807) is 0 Å². The van der Waals surface area contributed by atoms with Gasteiger partial charge in [-0.25, -0.2) is 4.98 Å². The van der Waals surface area contributed by atoms with Gasteiger partial charge in [-0.3, -0.25) is 0 Å². The molecule has 84 valence electrons. The number of aromatic nitrogens is 1. The Morgan fingerprint density at radius 1 is 1.38 bits per heavy atom. The molecule has 0 spiro atoms.